The second-order valence-corrected chi connectivity index (χ2v) is 5.97. The van der Waals surface area contributed by atoms with Gasteiger partial charge in [0.2, 0.25) is 0 Å². The van der Waals surface area contributed by atoms with Gasteiger partial charge in [-0.15, -0.1) is 0 Å². The highest BCUT2D eigenvalue weighted by Gasteiger charge is 2.15. The molecule has 0 aliphatic carbocycles. The average Bonchev–Trinajstić information content (AvgIpc) is 3.11. The van der Waals surface area contributed by atoms with Crippen molar-refractivity contribution in [2.24, 2.45) is 0 Å². The number of H-pyrrole nitrogens is 1. The number of benzene rings is 1. The molecule has 6 heteroatoms. The number of para-hydroxylation sites is 2. The van der Waals surface area contributed by atoms with E-state index in [0.29, 0.717) is 12.1 Å². The Morgan fingerprint density at radius 1 is 1.36 bits per heavy atom. The van der Waals surface area contributed by atoms with E-state index in [1.807, 2.05) is 43.6 Å². The van der Waals surface area contributed by atoms with E-state index in [0.717, 1.165) is 35.4 Å². The maximum absolute atomic E-state index is 12.3. The molecule has 1 N–H and O–H groups in total. The topological polar surface area (TPSA) is 61.9 Å². The number of nitrogens with one attached hydrogen (secondary N) is 1. The van der Waals surface area contributed by atoms with Crippen LogP contribution in [0.2, 0.25) is 0 Å². The fourth-order valence-electron chi connectivity index (χ4n) is 2.41. The maximum atomic E-state index is 12.3. The van der Waals surface area contributed by atoms with E-state index in [1.165, 1.54) is 11.5 Å². The van der Waals surface area contributed by atoms with Crippen LogP contribution >= 0.6 is 11.5 Å². The van der Waals surface area contributed by atoms with Gasteiger partial charge in [-0.1, -0.05) is 12.1 Å². The molecule has 114 valence electrons. The number of amides is 1. The molecule has 3 rings (SSSR count). The van der Waals surface area contributed by atoms with Crippen molar-refractivity contribution in [3.63, 3.8) is 0 Å². The van der Waals surface area contributed by atoms with E-state index in [9.17, 15) is 4.79 Å². The molecule has 5 nitrogen and oxygen atoms in total. The highest BCUT2D eigenvalue weighted by molar-refractivity contribution is 7.03. The van der Waals surface area contributed by atoms with Gasteiger partial charge in [0.15, 0.2) is 0 Å². The van der Waals surface area contributed by atoms with E-state index in [1.54, 1.807) is 4.90 Å². The Balaban J connectivity index is 1.56. The first-order valence-corrected chi connectivity index (χ1v) is 8.09. The minimum absolute atomic E-state index is 0.0378. The molecule has 0 aliphatic rings. The van der Waals surface area contributed by atoms with Gasteiger partial charge in [0, 0.05) is 25.4 Å². The second kappa shape index (κ2) is 6.27. The summed E-state index contributed by atoms with van der Waals surface area (Å²) in [5.74, 6) is 1.01. The van der Waals surface area contributed by atoms with Gasteiger partial charge in [-0.2, -0.15) is 4.37 Å². The summed E-state index contributed by atoms with van der Waals surface area (Å²) in [5, 5.41) is 1.81. The molecule has 0 bridgehead atoms. The van der Waals surface area contributed by atoms with E-state index in [-0.39, 0.29) is 5.91 Å². The van der Waals surface area contributed by atoms with Crippen molar-refractivity contribution in [1.82, 2.24) is 19.2 Å². The van der Waals surface area contributed by atoms with Crippen molar-refractivity contribution < 1.29 is 4.79 Å². The minimum atomic E-state index is 0.0378. The Morgan fingerprint density at radius 2 is 2.18 bits per heavy atom. The van der Waals surface area contributed by atoms with Crippen LogP contribution in [0.5, 0.6) is 0 Å². The van der Waals surface area contributed by atoms with E-state index >= 15 is 0 Å². The minimum Gasteiger partial charge on any atom is -0.342 e. The molecule has 2 heterocycles. The van der Waals surface area contributed by atoms with Crippen molar-refractivity contribution in [3.8, 4) is 0 Å². The quantitative estimate of drug-likeness (QED) is 0.787. The highest BCUT2D eigenvalue weighted by Crippen LogP contribution is 2.13. The summed E-state index contributed by atoms with van der Waals surface area (Å²) in [6.45, 7) is 2.57. The number of nitrogens with zero attached hydrogens (tertiary/aromatic N) is 3. The van der Waals surface area contributed by atoms with Gasteiger partial charge in [0.1, 0.15) is 5.82 Å². The van der Waals surface area contributed by atoms with Crippen LogP contribution < -0.4 is 0 Å². The number of aromatic amines is 1. The molecule has 3 aromatic rings. The molecule has 0 saturated carbocycles. The third-order valence-corrected chi connectivity index (χ3v) is 4.39. The Kier molecular flexibility index (Phi) is 4.20. The molecule has 22 heavy (non-hydrogen) atoms. The number of fused-ring (bicyclic) bond motifs is 1. The largest absolute Gasteiger partial charge is 0.342 e. The molecule has 0 aliphatic heterocycles. The molecular weight excluding hydrogens is 296 g/mol. The first kappa shape index (κ1) is 14.7. The number of aromatic nitrogens is 3. The standard InChI is InChI=1S/C16H18N4OS/c1-11-12(10-22-19-11)16(21)20(2)9-5-8-15-17-13-6-3-4-7-14(13)18-15/h3-4,6-7,10H,5,8-9H2,1-2H3,(H,17,18). The Morgan fingerprint density at radius 3 is 2.91 bits per heavy atom. The highest BCUT2D eigenvalue weighted by atomic mass is 32.1. The van der Waals surface area contributed by atoms with Crippen molar-refractivity contribution in [2.45, 2.75) is 19.8 Å². The molecule has 1 amide bonds. The molecule has 0 atom stereocenters. The van der Waals surface area contributed by atoms with Gasteiger partial charge < -0.3 is 9.88 Å². The third kappa shape index (κ3) is 3.01. The van der Waals surface area contributed by atoms with E-state index < -0.39 is 0 Å². The third-order valence-electron chi connectivity index (χ3n) is 3.67. The van der Waals surface area contributed by atoms with Crippen molar-refractivity contribution in [1.29, 1.82) is 0 Å². The molecule has 0 unspecified atom stereocenters. The smallest absolute Gasteiger partial charge is 0.256 e. The number of aryl methyl sites for hydroxylation is 2. The van der Waals surface area contributed by atoms with Gasteiger partial charge >= 0.3 is 0 Å². The molecule has 0 fully saturated rings. The average molecular weight is 314 g/mol. The number of carbonyl (C=O) groups excluding carboxylic acids is 1. The molecule has 0 radical (unpaired) electrons. The number of hydrogen-bond acceptors (Lipinski definition) is 4. The monoisotopic (exact) mass is 314 g/mol. The van der Waals surface area contributed by atoms with Crippen LogP contribution in [-0.4, -0.2) is 38.7 Å². The summed E-state index contributed by atoms with van der Waals surface area (Å²) in [7, 11) is 1.83. The summed E-state index contributed by atoms with van der Waals surface area (Å²) in [4.78, 5) is 21.9. The molecule has 0 saturated heterocycles. The van der Waals surface area contributed by atoms with Crippen molar-refractivity contribution >= 4 is 28.5 Å². The van der Waals surface area contributed by atoms with Crippen molar-refractivity contribution in [2.75, 3.05) is 13.6 Å². The summed E-state index contributed by atoms with van der Waals surface area (Å²) in [6.07, 6.45) is 1.70. The molecule has 1 aromatic carbocycles. The number of carbonyl (C=O) groups is 1. The summed E-state index contributed by atoms with van der Waals surface area (Å²) < 4.78 is 4.15. The first-order valence-electron chi connectivity index (χ1n) is 7.25. The fourth-order valence-corrected chi connectivity index (χ4v) is 3.10. The molecule has 0 spiro atoms. The van der Waals surface area contributed by atoms with Crippen LogP contribution in [0.4, 0.5) is 0 Å². The van der Waals surface area contributed by atoms with E-state index in [2.05, 4.69) is 14.3 Å². The van der Waals surface area contributed by atoms with Gasteiger partial charge in [-0.25, -0.2) is 4.98 Å². The van der Waals surface area contributed by atoms with Crippen LogP contribution in [0.1, 0.15) is 28.3 Å². The van der Waals surface area contributed by atoms with Crippen LogP contribution in [0.25, 0.3) is 11.0 Å². The molecular formula is C16H18N4OS. The first-order chi connectivity index (χ1) is 10.6. The number of rotatable bonds is 5. The summed E-state index contributed by atoms with van der Waals surface area (Å²) in [6, 6.07) is 8.00. The second-order valence-electron chi connectivity index (χ2n) is 5.34. The van der Waals surface area contributed by atoms with Crippen LogP contribution in [-0.2, 0) is 6.42 Å². The fraction of sp³-hybridized carbons (Fsp3) is 0.312. The zero-order chi connectivity index (χ0) is 15.5. The lowest BCUT2D eigenvalue weighted by molar-refractivity contribution is 0.0793. The Hall–Kier alpha value is -2.21. The van der Waals surface area contributed by atoms with Gasteiger partial charge in [-0.3, -0.25) is 4.79 Å². The Bertz CT molecular complexity index is 759. The summed E-state index contributed by atoms with van der Waals surface area (Å²) in [5.41, 5.74) is 3.55. The SMILES string of the molecule is Cc1nscc1C(=O)N(C)CCCc1nc2ccccc2[nH]1. The lowest BCUT2D eigenvalue weighted by Crippen LogP contribution is -2.28. The normalized spacial score (nSPS) is 11.0. The van der Waals surface area contributed by atoms with Gasteiger partial charge in [0.25, 0.3) is 5.91 Å². The summed E-state index contributed by atoms with van der Waals surface area (Å²) >= 11 is 1.32. The zero-order valence-electron chi connectivity index (χ0n) is 12.7. The van der Waals surface area contributed by atoms with Gasteiger partial charge in [-0.05, 0) is 37.0 Å². The lowest BCUT2D eigenvalue weighted by atomic mass is 10.2. The van der Waals surface area contributed by atoms with Crippen LogP contribution in [0.15, 0.2) is 29.6 Å². The number of hydrogen-bond donors (Lipinski definition) is 1. The van der Waals surface area contributed by atoms with Crippen LogP contribution in [0, 0.1) is 6.92 Å². The Labute approximate surface area is 133 Å². The lowest BCUT2D eigenvalue weighted by Gasteiger charge is -2.16. The maximum Gasteiger partial charge on any atom is 0.256 e. The van der Waals surface area contributed by atoms with E-state index in [4.69, 9.17) is 0 Å². The zero-order valence-corrected chi connectivity index (χ0v) is 13.5. The predicted octanol–water partition coefficient (Wildman–Crippen LogP) is 3.03. The number of imidazole rings is 1. The van der Waals surface area contributed by atoms with Crippen molar-refractivity contribution in [3.05, 3.63) is 46.7 Å². The predicted molar refractivity (Wildman–Crippen MR) is 88.2 cm³/mol. The molecule has 2 aromatic heterocycles. The van der Waals surface area contributed by atoms with Gasteiger partial charge in [0.05, 0.1) is 22.3 Å². The van der Waals surface area contributed by atoms with Crippen LogP contribution in [0.3, 0.4) is 0 Å².